The summed E-state index contributed by atoms with van der Waals surface area (Å²) in [5, 5.41) is 5.10. The van der Waals surface area contributed by atoms with Gasteiger partial charge in [0.15, 0.2) is 5.82 Å². The predicted octanol–water partition coefficient (Wildman–Crippen LogP) is 10.4. The molecule has 0 amide bonds. The van der Waals surface area contributed by atoms with Gasteiger partial charge in [0.2, 0.25) is 0 Å². The average molecular weight is 552 g/mol. The Bertz CT molecular complexity index is 2590. The van der Waals surface area contributed by atoms with Crippen molar-refractivity contribution in [2.75, 3.05) is 0 Å². The number of benzene rings is 6. The van der Waals surface area contributed by atoms with E-state index in [1.807, 2.05) is 29.5 Å². The van der Waals surface area contributed by atoms with E-state index in [1.165, 1.54) is 58.7 Å². The molecule has 1 aliphatic heterocycles. The number of thiophene rings is 1. The van der Waals surface area contributed by atoms with Crippen molar-refractivity contribution < 1.29 is 0 Å². The Morgan fingerprint density at radius 3 is 2.10 bits per heavy atom. The summed E-state index contributed by atoms with van der Waals surface area (Å²) in [5.41, 5.74) is 11.1. The summed E-state index contributed by atoms with van der Waals surface area (Å²) < 4.78 is 5.00. The van der Waals surface area contributed by atoms with Crippen molar-refractivity contribution in [2.24, 2.45) is 0 Å². The number of hydrogen-bond acceptors (Lipinski definition) is 3. The first-order valence-corrected chi connectivity index (χ1v) is 15.0. The Morgan fingerprint density at radius 2 is 1.19 bits per heavy atom. The van der Waals surface area contributed by atoms with E-state index in [-0.39, 0.29) is 0 Å². The van der Waals surface area contributed by atoms with E-state index in [0.29, 0.717) is 0 Å². The first-order chi connectivity index (χ1) is 20.8. The fourth-order valence-corrected chi connectivity index (χ4v) is 8.14. The van der Waals surface area contributed by atoms with Crippen LogP contribution in [0.25, 0.3) is 92.3 Å². The van der Waals surface area contributed by atoms with Gasteiger partial charge in [0.05, 0.1) is 22.1 Å². The molecule has 0 aliphatic carbocycles. The second-order valence-corrected chi connectivity index (χ2v) is 12.0. The van der Waals surface area contributed by atoms with Gasteiger partial charge in [-0.15, -0.1) is 11.3 Å². The quantitative estimate of drug-likeness (QED) is 0.203. The zero-order chi connectivity index (χ0) is 27.4. The van der Waals surface area contributed by atoms with Crippen LogP contribution in [-0.2, 0) is 0 Å². The lowest BCUT2D eigenvalue weighted by molar-refractivity contribution is 1.09. The van der Waals surface area contributed by atoms with Gasteiger partial charge in [0.25, 0.3) is 0 Å². The molecule has 1 aliphatic rings. The van der Waals surface area contributed by atoms with Crippen molar-refractivity contribution in [2.45, 2.75) is 0 Å². The topological polar surface area (TPSA) is 30.7 Å². The highest BCUT2D eigenvalue weighted by atomic mass is 32.1. The van der Waals surface area contributed by atoms with E-state index < -0.39 is 0 Å². The van der Waals surface area contributed by atoms with Gasteiger partial charge in [-0.3, -0.25) is 4.57 Å². The number of nitrogens with zero attached hydrogens (tertiary/aromatic N) is 3. The molecule has 0 saturated heterocycles. The van der Waals surface area contributed by atoms with Gasteiger partial charge in [-0.25, -0.2) is 9.97 Å². The highest BCUT2D eigenvalue weighted by Crippen LogP contribution is 2.47. The molecule has 10 rings (SSSR count). The second-order valence-electron chi connectivity index (χ2n) is 11.0. The van der Waals surface area contributed by atoms with Crippen molar-refractivity contribution in [3.63, 3.8) is 0 Å². The Morgan fingerprint density at radius 1 is 0.500 bits per heavy atom. The smallest absolute Gasteiger partial charge is 0.165 e. The summed E-state index contributed by atoms with van der Waals surface area (Å²) in [6, 6.07) is 45.8. The minimum absolute atomic E-state index is 0.880. The summed E-state index contributed by atoms with van der Waals surface area (Å²) in [4.78, 5) is 10.5. The van der Waals surface area contributed by atoms with Crippen molar-refractivity contribution in [3.05, 3.63) is 127 Å². The Kier molecular flexibility index (Phi) is 4.33. The maximum atomic E-state index is 5.27. The monoisotopic (exact) mass is 551 g/mol. The number of aromatic nitrogens is 3. The Balaban J connectivity index is 1.33. The largest absolute Gasteiger partial charge is 0.291 e. The van der Waals surface area contributed by atoms with E-state index in [0.717, 1.165) is 33.6 Å². The fourth-order valence-electron chi connectivity index (χ4n) is 6.90. The molecular formula is C38H21N3S. The van der Waals surface area contributed by atoms with Gasteiger partial charge < -0.3 is 0 Å². The van der Waals surface area contributed by atoms with Crippen LogP contribution in [-0.4, -0.2) is 14.5 Å². The van der Waals surface area contributed by atoms with Crippen LogP contribution in [0.2, 0.25) is 0 Å². The zero-order valence-electron chi connectivity index (χ0n) is 22.4. The standard InChI is InChI=1S/C38H21N3S/c1-2-11-26-24(9-1)27-13-8-14-28-30-21-22(23-12-7-15-29-25-10-3-6-18-34(25)42-37(23)29)19-20-33(30)41(36(27)28)38-35(26)39-31-16-4-5-17-32(31)40-38/h1-21H. The summed E-state index contributed by atoms with van der Waals surface area (Å²) in [6.07, 6.45) is 0. The number of para-hydroxylation sites is 3. The first-order valence-electron chi connectivity index (χ1n) is 14.2. The molecule has 0 spiro atoms. The van der Waals surface area contributed by atoms with Gasteiger partial charge >= 0.3 is 0 Å². The molecule has 4 heteroatoms. The van der Waals surface area contributed by atoms with E-state index in [9.17, 15) is 0 Å². The molecule has 0 atom stereocenters. The summed E-state index contributed by atoms with van der Waals surface area (Å²) >= 11 is 1.88. The lowest BCUT2D eigenvalue weighted by atomic mass is 9.96. The molecule has 0 fully saturated rings. The van der Waals surface area contributed by atoms with Crippen molar-refractivity contribution in [1.82, 2.24) is 14.5 Å². The SMILES string of the molecule is c1ccc2c(c1)-c1nc3ccccc3nc1-n1c3ccc(-c4cccc5c4sc4ccccc45)cc3c3cccc-2c31. The molecule has 0 radical (unpaired) electrons. The predicted molar refractivity (Wildman–Crippen MR) is 177 cm³/mol. The summed E-state index contributed by atoms with van der Waals surface area (Å²) in [5.74, 6) is 0.880. The van der Waals surface area contributed by atoms with E-state index in [1.54, 1.807) is 0 Å². The van der Waals surface area contributed by atoms with Crippen LogP contribution < -0.4 is 0 Å². The minimum atomic E-state index is 0.880. The van der Waals surface area contributed by atoms with Gasteiger partial charge in [-0.1, -0.05) is 97.1 Å². The number of rotatable bonds is 1. The van der Waals surface area contributed by atoms with Gasteiger partial charge in [-0.05, 0) is 47.0 Å². The minimum Gasteiger partial charge on any atom is -0.291 e. The normalized spacial score (nSPS) is 12.3. The maximum Gasteiger partial charge on any atom is 0.165 e. The zero-order valence-corrected chi connectivity index (χ0v) is 23.2. The van der Waals surface area contributed by atoms with Crippen molar-refractivity contribution in [3.8, 4) is 39.3 Å². The number of hydrogen-bond donors (Lipinski definition) is 0. The van der Waals surface area contributed by atoms with Crippen LogP contribution in [0.3, 0.4) is 0 Å². The molecule has 0 unspecified atom stereocenters. The van der Waals surface area contributed by atoms with Crippen LogP contribution in [0.15, 0.2) is 127 Å². The molecule has 0 saturated carbocycles. The third-order valence-corrected chi connectivity index (χ3v) is 9.96. The lowest BCUT2D eigenvalue weighted by Gasteiger charge is -2.12. The van der Waals surface area contributed by atoms with E-state index in [2.05, 4.69) is 114 Å². The molecule has 194 valence electrons. The molecule has 9 aromatic rings. The Hall–Kier alpha value is -5.32. The highest BCUT2D eigenvalue weighted by Gasteiger charge is 2.27. The molecule has 42 heavy (non-hydrogen) atoms. The maximum absolute atomic E-state index is 5.27. The molecule has 6 aromatic carbocycles. The van der Waals surface area contributed by atoms with Crippen LogP contribution in [0.4, 0.5) is 0 Å². The Labute approximate surface area is 245 Å². The highest BCUT2D eigenvalue weighted by molar-refractivity contribution is 7.26. The second kappa shape index (κ2) is 8.12. The van der Waals surface area contributed by atoms with Crippen LogP contribution in [0.1, 0.15) is 0 Å². The van der Waals surface area contributed by atoms with Gasteiger partial charge in [-0.2, -0.15) is 0 Å². The summed E-state index contributed by atoms with van der Waals surface area (Å²) in [6.45, 7) is 0. The van der Waals surface area contributed by atoms with Crippen LogP contribution in [0.5, 0.6) is 0 Å². The number of fused-ring (bicyclic) bond motifs is 12. The molecule has 3 nitrogen and oxygen atoms in total. The molecule has 0 bridgehead atoms. The molecule has 0 N–H and O–H groups in total. The fraction of sp³-hybridized carbons (Fsp3) is 0. The van der Waals surface area contributed by atoms with E-state index >= 15 is 0 Å². The van der Waals surface area contributed by atoms with Crippen LogP contribution in [0, 0.1) is 0 Å². The first kappa shape index (κ1) is 22.4. The molecular weight excluding hydrogens is 531 g/mol. The molecule has 3 aromatic heterocycles. The average Bonchev–Trinajstić information content (AvgIpc) is 3.56. The lowest BCUT2D eigenvalue weighted by Crippen LogP contribution is -2.02. The van der Waals surface area contributed by atoms with E-state index in [4.69, 9.17) is 9.97 Å². The van der Waals surface area contributed by atoms with Gasteiger partial charge in [0, 0.05) is 42.1 Å². The van der Waals surface area contributed by atoms with Gasteiger partial charge in [0.1, 0.15) is 5.69 Å². The van der Waals surface area contributed by atoms with Crippen molar-refractivity contribution in [1.29, 1.82) is 0 Å². The van der Waals surface area contributed by atoms with Crippen molar-refractivity contribution >= 4 is 64.3 Å². The third-order valence-electron chi connectivity index (χ3n) is 8.74. The van der Waals surface area contributed by atoms with Crippen LogP contribution >= 0.6 is 11.3 Å². The third kappa shape index (κ3) is 2.89. The molecule has 4 heterocycles. The summed E-state index contributed by atoms with van der Waals surface area (Å²) in [7, 11) is 0.